The topological polar surface area (TPSA) is 97.4 Å². The lowest BCUT2D eigenvalue weighted by Crippen LogP contribution is -2.31. The fourth-order valence-corrected chi connectivity index (χ4v) is 6.28. The van der Waals surface area contributed by atoms with Crippen molar-refractivity contribution in [3.8, 4) is 16.9 Å². The Morgan fingerprint density at radius 1 is 0.774 bits per heavy atom. The summed E-state index contributed by atoms with van der Waals surface area (Å²) in [5.41, 5.74) is 9.11. The molecule has 14 heteroatoms. The maximum atomic E-state index is 14.4. The van der Waals surface area contributed by atoms with E-state index in [4.69, 9.17) is 28.7 Å². The first-order valence-corrected chi connectivity index (χ1v) is 17.8. The summed E-state index contributed by atoms with van der Waals surface area (Å²) in [7, 11) is 0.651. The fourth-order valence-electron chi connectivity index (χ4n) is 6.28. The quantitative estimate of drug-likeness (QED) is 0.0713. The molecule has 282 valence electrons. The van der Waals surface area contributed by atoms with Crippen LogP contribution >= 0.6 is 0 Å². The molecule has 0 saturated heterocycles. The second-order valence-corrected chi connectivity index (χ2v) is 12.7. The van der Waals surface area contributed by atoms with Gasteiger partial charge in [-0.2, -0.15) is 0 Å². The normalized spacial score (nSPS) is 13.7. The van der Waals surface area contributed by atoms with Crippen LogP contribution in [-0.4, -0.2) is 113 Å². The highest BCUT2D eigenvalue weighted by Gasteiger charge is 2.29. The Morgan fingerprint density at radius 2 is 1.40 bits per heavy atom. The second-order valence-electron chi connectivity index (χ2n) is 12.7. The first-order chi connectivity index (χ1) is 25.7. The van der Waals surface area contributed by atoms with Gasteiger partial charge in [0.15, 0.2) is 0 Å². The first kappa shape index (κ1) is 39.7. The third-order valence-electron chi connectivity index (χ3n) is 8.86. The number of ether oxygens (including phenoxy) is 5. The van der Waals surface area contributed by atoms with Crippen molar-refractivity contribution in [1.82, 2.24) is 19.5 Å². The van der Waals surface area contributed by atoms with Crippen LogP contribution in [0.1, 0.15) is 36.4 Å². The van der Waals surface area contributed by atoms with Crippen LogP contribution in [-0.2, 0) is 23.7 Å². The lowest BCUT2D eigenvalue weighted by molar-refractivity contribution is 0.00450. The highest BCUT2D eigenvalue weighted by molar-refractivity contribution is 6.41. The molecule has 0 unspecified atom stereocenters. The van der Waals surface area contributed by atoms with Crippen LogP contribution in [0.5, 0.6) is 0 Å². The average Bonchev–Trinajstić information content (AvgIpc) is 3.85. The first-order valence-electron chi connectivity index (χ1n) is 17.8. The molecule has 1 aliphatic rings. The van der Waals surface area contributed by atoms with Crippen molar-refractivity contribution in [1.29, 1.82) is 0 Å². The Morgan fingerprint density at radius 3 is 2.00 bits per heavy atom. The minimum Gasteiger partial charge on any atom is -0.383 e. The standard InChI is InChI=1S/C39H49BF2N6O5/c1-28-25-30(3)43-38(28)37(39-29(2)26-31(4)48(39)40(41)42)33-9-13-35(14-10-33)47-27-36(44-45-47)32-7-11-34(12-8-32)46(15-17-49-5)16-18-51-21-22-53-24-23-52-20-19-50-6/h7-14,25-27H,15-24H2,1-6H3/b38-37-. The number of nitrogens with zero attached hydrogens (tertiary/aromatic N) is 6. The van der Waals surface area contributed by atoms with Crippen molar-refractivity contribution in [2.24, 2.45) is 4.99 Å². The molecule has 3 heterocycles. The van der Waals surface area contributed by atoms with Crippen molar-refractivity contribution in [2.45, 2.75) is 27.7 Å². The van der Waals surface area contributed by atoms with Crippen LogP contribution in [0, 0.1) is 13.8 Å². The molecule has 2 aromatic carbocycles. The van der Waals surface area contributed by atoms with E-state index >= 15 is 0 Å². The summed E-state index contributed by atoms with van der Waals surface area (Å²) in [6, 6.07) is 17.6. The minimum absolute atomic E-state index is 0.465. The lowest BCUT2D eigenvalue weighted by Gasteiger charge is -2.24. The number of hydrogen-bond donors (Lipinski definition) is 0. The molecule has 0 saturated carbocycles. The van der Waals surface area contributed by atoms with E-state index in [-0.39, 0.29) is 0 Å². The van der Waals surface area contributed by atoms with Gasteiger partial charge in [0.25, 0.3) is 0 Å². The zero-order valence-electron chi connectivity index (χ0n) is 31.5. The van der Waals surface area contributed by atoms with Crippen molar-refractivity contribution in [3.63, 3.8) is 0 Å². The molecule has 0 N–H and O–H groups in total. The summed E-state index contributed by atoms with van der Waals surface area (Å²) >= 11 is 0. The van der Waals surface area contributed by atoms with Gasteiger partial charge in [0, 0.05) is 61.2 Å². The van der Waals surface area contributed by atoms with Crippen LogP contribution < -0.4 is 4.90 Å². The summed E-state index contributed by atoms with van der Waals surface area (Å²) in [5.74, 6) is 0. The molecule has 0 spiro atoms. The molecule has 53 heavy (non-hydrogen) atoms. The lowest BCUT2D eigenvalue weighted by atomic mass is 9.94. The van der Waals surface area contributed by atoms with E-state index in [1.54, 1.807) is 31.9 Å². The number of allylic oxidation sites excluding steroid dienone is 2. The second kappa shape index (κ2) is 19.6. The molecular weight excluding hydrogens is 681 g/mol. The molecule has 1 aliphatic heterocycles. The highest BCUT2D eigenvalue weighted by Crippen LogP contribution is 2.37. The SMILES string of the molecule is COCCOCCOCCOCCN(CCOC)c1ccc(-c2cn(-c3ccc(/C(=C4/N=C(C)C=C4C)c4c(C)cc(C)n4B(F)F)cc3)nn2)cc1. The van der Waals surface area contributed by atoms with E-state index in [0.717, 1.165) is 49.5 Å². The van der Waals surface area contributed by atoms with Gasteiger partial charge in [-0.05, 0) is 80.8 Å². The van der Waals surface area contributed by atoms with Crippen LogP contribution in [0.2, 0.25) is 0 Å². The molecule has 0 radical (unpaired) electrons. The third-order valence-corrected chi connectivity index (χ3v) is 8.86. The number of methoxy groups -OCH3 is 2. The van der Waals surface area contributed by atoms with E-state index in [9.17, 15) is 8.63 Å². The molecule has 11 nitrogen and oxygen atoms in total. The Balaban J connectivity index is 1.25. The van der Waals surface area contributed by atoms with Gasteiger partial charge in [-0.15, -0.1) is 5.10 Å². The zero-order valence-corrected chi connectivity index (χ0v) is 31.5. The van der Waals surface area contributed by atoms with Crippen LogP contribution in [0.15, 0.2) is 83.1 Å². The van der Waals surface area contributed by atoms with Gasteiger partial charge in [0.1, 0.15) is 5.69 Å². The maximum Gasteiger partial charge on any atom is 0.677 e. The molecule has 0 amide bonds. The largest absolute Gasteiger partial charge is 0.677 e. The number of aliphatic imine (C=N–C) groups is 1. The number of benzene rings is 2. The highest BCUT2D eigenvalue weighted by atomic mass is 19.2. The number of rotatable bonds is 21. The van der Waals surface area contributed by atoms with Gasteiger partial charge < -0.3 is 33.1 Å². The Hall–Kier alpha value is -4.47. The molecule has 5 rings (SSSR count). The monoisotopic (exact) mass is 730 g/mol. The van der Waals surface area contributed by atoms with Crippen LogP contribution in [0.3, 0.4) is 0 Å². The average molecular weight is 731 g/mol. The molecule has 0 aliphatic carbocycles. The van der Waals surface area contributed by atoms with Crippen molar-refractivity contribution < 1.29 is 32.3 Å². The third kappa shape index (κ3) is 10.4. The number of hydrogen-bond acceptors (Lipinski definition) is 9. The van der Waals surface area contributed by atoms with Crippen LogP contribution in [0.25, 0.3) is 22.5 Å². The van der Waals surface area contributed by atoms with Gasteiger partial charge in [-0.3, -0.25) is 13.6 Å². The van der Waals surface area contributed by atoms with Gasteiger partial charge in [-0.1, -0.05) is 29.5 Å². The van der Waals surface area contributed by atoms with E-state index in [0.29, 0.717) is 88.6 Å². The molecule has 4 aromatic rings. The van der Waals surface area contributed by atoms with Crippen molar-refractivity contribution in [2.75, 3.05) is 85.1 Å². The Labute approximate surface area is 311 Å². The van der Waals surface area contributed by atoms with Gasteiger partial charge in [-0.25, -0.2) is 4.68 Å². The van der Waals surface area contributed by atoms with Gasteiger partial charge in [0.05, 0.1) is 70.4 Å². The summed E-state index contributed by atoms with van der Waals surface area (Å²) in [5, 5.41) is 8.84. The smallest absolute Gasteiger partial charge is 0.383 e. The fraction of sp³-hybridized carbons (Fsp3) is 0.410. The van der Waals surface area contributed by atoms with Crippen molar-refractivity contribution >= 4 is 24.4 Å². The molecular formula is C39H49BF2N6O5. The van der Waals surface area contributed by atoms with Crippen LogP contribution in [0.4, 0.5) is 14.3 Å². The number of anilines is 1. The maximum absolute atomic E-state index is 14.4. The number of aromatic nitrogens is 4. The molecule has 0 fully saturated rings. The predicted molar refractivity (Wildman–Crippen MR) is 205 cm³/mol. The molecule has 0 atom stereocenters. The number of halogens is 2. The summed E-state index contributed by atoms with van der Waals surface area (Å²) in [4.78, 5) is 6.97. The molecule has 0 bridgehead atoms. The predicted octanol–water partition coefficient (Wildman–Crippen LogP) is 6.45. The van der Waals surface area contributed by atoms with Crippen molar-refractivity contribution in [3.05, 3.63) is 101 Å². The summed E-state index contributed by atoms with van der Waals surface area (Å²) in [6.07, 6.45) is 3.85. The van der Waals surface area contributed by atoms with E-state index < -0.39 is 7.40 Å². The summed E-state index contributed by atoms with van der Waals surface area (Å²) in [6.45, 7) is 13.2. The molecule has 2 aromatic heterocycles. The Bertz CT molecular complexity index is 1870. The van der Waals surface area contributed by atoms with E-state index in [2.05, 4.69) is 27.3 Å². The Kier molecular flexibility index (Phi) is 14.7. The van der Waals surface area contributed by atoms with Gasteiger partial charge >= 0.3 is 7.40 Å². The number of aryl methyl sites for hydroxylation is 2. The van der Waals surface area contributed by atoms with E-state index in [1.807, 2.05) is 69.4 Å². The van der Waals surface area contributed by atoms with Gasteiger partial charge in [0.2, 0.25) is 0 Å². The zero-order chi connectivity index (χ0) is 37.7. The van der Waals surface area contributed by atoms with E-state index in [1.165, 1.54) is 0 Å². The summed E-state index contributed by atoms with van der Waals surface area (Å²) < 4.78 is 58.6. The minimum atomic E-state index is -2.69.